The Hall–Kier alpha value is -2.08. The second-order valence-corrected chi connectivity index (χ2v) is 5.31. The first-order valence-corrected chi connectivity index (χ1v) is 7.39. The summed E-state index contributed by atoms with van der Waals surface area (Å²) in [7, 11) is 1.59. The molecule has 120 valence electrons. The summed E-state index contributed by atoms with van der Waals surface area (Å²) in [5, 5.41) is 2.77. The number of benzene rings is 1. The Morgan fingerprint density at radius 3 is 2.64 bits per heavy atom. The van der Waals surface area contributed by atoms with Gasteiger partial charge in [-0.3, -0.25) is 9.59 Å². The first-order valence-electron chi connectivity index (χ1n) is 7.39. The van der Waals surface area contributed by atoms with Crippen molar-refractivity contribution in [3.63, 3.8) is 0 Å². The molecule has 2 amide bonds. The van der Waals surface area contributed by atoms with Crippen LogP contribution in [0.3, 0.4) is 0 Å². The van der Waals surface area contributed by atoms with Crippen molar-refractivity contribution in [3.8, 4) is 5.75 Å². The fourth-order valence-corrected chi connectivity index (χ4v) is 2.39. The maximum absolute atomic E-state index is 12.1. The molecule has 0 spiro atoms. The highest BCUT2D eigenvalue weighted by atomic mass is 16.5. The lowest BCUT2D eigenvalue weighted by atomic mass is 10.2. The van der Waals surface area contributed by atoms with Crippen molar-refractivity contribution in [2.75, 3.05) is 32.1 Å². The molecule has 1 aromatic rings. The number of rotatable bonds is 6. The number of hydrogen-bond acceptors (Lipinski definition) is 4. The molecule has 1 heterocycles. The van der Waals surface area contributed by atoms with Gasteiger partial charge in [0.15, 0.2) is 0 Å². The van der Waals surface area contributed by atoms with Crippen molar-refractivity contribution in [3.05, 3.63) is 24.3 Å². The Kier molecular flexibility index (Phi) is 5.77. The summed E-state index contributed by atoms with van der Waals surface area (Å²) in [5.74, 6) is 0.375. The van der Waals surface area contributed by atoms with Crippen molar-refractivity contribution in [2.24, 2.45) is 0 Å². The topological polar surface area (TPSA) is 67.9 Å². The van der Waals surface area contributed by atoms with Crippen molar-refractivity contribution in [2.45, 2.75) is 25.9 Å². The number of carbonyl (C=O) groups is 2. The second-order valence-electron chi connectivity index (χ2n) is 5.31. The quantitative estimate of drug-likeness (QED) is 0.868. The molecule has 1 aliphatic rings. The van der Waals surface area contributed by atoms with E-state index in [0.29, 0.717) is 12.2 Å². The predicted molar refractivity (Wildman–Crippen MR) is 82.9 cm³/mol. The van der Waals surface area contributed by atoms with Crippen LogP contribution in [-0.4, -0.2) is 49.6 Å². The summed E-state index contributed by atoms with van der Waals surface area (Å²) in [6.45, 7) is 2.69. The Balaban J connectivity index is 1.87. The van der Waals surface area contributed by atoms with Gasteiger partial charge in [-0.25, -0.2) is 0 Å². The molecule has 1 aromatic carbocycles. The van der Waals surface area contributed by atoms with Gasteiger partial charge in [0.25, 0.3) is 0 Å². The molecule has 1 fully saturated rings. The molecule has 0 radical (unpaired) electrons. The number of nitrogens with one attached hydrogen (secondary N) is 1. The van der Waals surface area contributed by atoms with Crippen LogP contribution in [0.15, 0.2) is 24.3 Å². The summed E-state index contributed by atoms with van der Waals surface area (Å²) in [6.07, 6.45) is 1.98. The van der Waals surface area contributed by atoms with Crippen LogP contribution < -0.4 is 10.1 Å². The number of ether oxygens (including phenoxy) is 2. The minimum absolute atomic E-state index is 0.0290. The molecule has 1 N–H and O–H groups in total. The van der Waals surface area contributed by atoms with E-state index in [9.17, 15) is 9.59 Å². The lowest BCUT2D eigenvalue weighted by Crippen LogP contribution is -2.41. The SMILES string of the molecule is COc1ccc(NC(=O)CN(CC2CCCO2)C(C)=O)cc1. The highest BCUT2D eigenvalue weighted by Gasteiger charge is 2.22. The van der Waals surface area contributed by atoms with E-state index in [0.717, 1.165) is 25.2 Å². The third kappa shape index (κ3) is 4.73. The zero-order valence-corrected chi connectivity index (χ0v) is 13.0. The van der Waals surface area contributed by atoms with Crippen LogP contribution in [0.5, 0.6) is 5.75 Å². The van der Waals surface area contributed by atoms with Gasteiger partial charge in [0.2, 0.25) is 11.8 Å². The standard InChI is InChI=1S/C16H22N2O4/c1-12(19)18(10-15-4-3-9-22-15)11-16(20)17-13-5-7-14(21-2)8-6-13/h5-8,15H,3-4,9-11H2,1-2H3,(H,17,20). The summed E-state index contributed by atoms with van der Waals surface area (Å²) < 4.78 is 10.6. The van der Waals surface area contributed by atoms with Gasteiger partial charge < -0.3 is 19.7 Å². The summed E-state index contributed by atoms with van der Waals surface area (Å²) in [4.78, 5) is 25.3. The molecule has 6 nitrogen and oxygen atoms in total. The lowest BCUT2D eigenvalue weighted by Gasteiger charge is -2.23. The largest absolute Gasteiger partial charge is 0.497 e. The first kappa shape index (κ1) is 16.3. The lowest BCUT2D eigenvalue weighted by molar-refractivity contribution is -0.134. The number of amides is 2. The van der Waals surface area contributed by atoms with Gasteiger partial charge in [-0.2, -0.15) is 0 Å². The van der Waals surface area contributed by atoms with Crippen LogP contribution in [0.25, 0.3) is 0 Å². The molecule has 0 saturated carbocycles. The van der Waals surface area contributed by atoms with Crippen molar-refractivity contribution < 1.29 is 19.1 Å². The molecule has 22 heavy (non-hydrogen) atoms. The monoisotopic (exact) mass is 306 g/mol. The fourth-order valence-electron chi connectivity index (χ4n) is 2.39. The van der Waals surface area contributed by atoms with Crippen LogP contribution in [0.1, 0.15) is 19.8 Å². The van der Waals surface area contributed by atoms with E-state index < -0.39 is 0 Å². The fraction of sp³-hybridized carbons (Fsp3) is 0.500. The smallest absolute Gasteiger partial charge is 0.243 e. The Bertz CT molecular complexity index is 509. The van der Waals surface area contributed by atoms with Crippen LogP contribution >= 0.6 is 0 Å². The zero-order valence-electron chi connectivity index (χ0n) is 13.0. The van der Waals surface area contributed by atoms with Crippen molar-refractivity contribution >= 4 is 17.5 Å². The predicted octanol–water partition coefficient (Wildman–Crippen LogP) is 1.66. The third-order valence-electron chi connectivity index (χ3n) is 3.60. The molecule has 6 heteroatoms. The maximum Gasteiger partial charge on any atom is 0.243 e. The highest BCUT2D eigenvalue weighted by molar-refractivity contribution is 5.94. The second kappa shape index (κ2) is 7.79. The van der Waals surface area contributed by atoms with E-state index >= 15 is 0 Å². The van der Waals surface area contributed by atoms with Gasteiger partial charge in [0.1, 0.15) is 5.75 Å². The molecule has 2 rings (SSSR count). The molecule has 1 saturated heterocycles. The Morgan fingerprint density at radius 1 is 1.36 bits per heavy atom. The van der Waals surface area contributed by atoms with E-state index in [1.54, 1.807) is 31.4 Å². The van der Waals surface area contributed by atoms with E-state index in [-0.39, 0.29) is 24.5 Å². The average molecular weight is 306 g/mol. The van der Waals surface area contributed by atoms with Crippen LogP contribution in [0.4, 0.5) is 5.69 Å². The van der Waals surface area contributed by atoms with Gasteiger partial charge in [-0.1, -0.05) is 0 Å². The van der Waals surface area contributed by atoms with Gasteiger partial charge in [0, 0.05) is 25.8 Å². The molecule has 1 aliphatic heterocycles. The van der Waals surface area contributed by atoms with Crippen LogP contribution in [0.2, 0.25) is 0 Å². The number of nitrogens with zero attached hydrogens (tertiary/aromatic N) is 1. The number of carbonyl (C=O) groups excluding carboxylic acids is 2. The third-order valence-corrected chi connectivity index (χ3v) is 3.60. The summed E-state index contributed by atoms with van der Waals surface area (Å²) in [5.41, 5.74) is 0.673. The first-order chi connectivity index (χ1) is 10.6. The molecule has 0 bridgehead atoms. The number of methoxy groups -OCH3 is 1. The number of hydrogen-bond donors (Lipinski definition) is 1. The van der Waals surface area contributed by atoms with Crippen molar-refractivity contribution in [1.82, 2.24) is 4.90 Å². The summed E-state index contributed by atoms with van der Waals surface area (Å²) in [6, 6.07) is 7.05. The minimum atomic E-state index is -0.224. The van der Waals surface area contributed by atoms with E-state index in [2.05, 4.69) is 5.32 Å². The molecular formula is C16H22N2O4. The van der Waals surface area contributed by atoms with Crippen LogP contribution in [-0.2, 0) is 14.3 Å². The van der Waals surface area contributed by atoms with Crippen LogP contribution in [0, 0.1) is 0 Å². The van der Waals surface area contributed by atoms with Gasteiger partial charge in [-0.15, -0.1) is 0 Å². The molecule has 0 aliphatic carbocycles. The summed E-state index contributed by atoms with van der Waals surface area (Å²) >= 11 is 0. The normalized spacial score (nSPS) is 17.1. The van der Waals surface area contributed by atoms with Gasteiger partial charge in [0.05, 0.1) is 19.8 Å². The van der Waals surface area contributed by atoms with E-state index in [1.165, 1.54) is 11.8 Å². The zero-order chi connectivity index (χ0) is 15.9. The molecular weight excluding hydrogens is 284 g/mol. The average Bonchev–Trinajstić information content (AvgIpc) is 3.00. The van der Waals surface area contributed by atoms with Crippen molar-refractivity contribution in [1.29, 1.82) is 0 Å². The minimum Gasteiger partial charge on any atom is -0.497 e. The van der Waals surface area contributed by atoms with Gasteiger partial charge in [-0.05, 0) is 37.1 Å². The van der Waals surface area contributed by atoms with E-state index in [1.807, 2.05) is 0 Å². The van der Waals surface area contributed by atoms with Gasteiger partial charge >= 0.3 is 0 Å². The molecule has 0 aromatic heterocycles. The maximum atomic E-state index is 12.1. The van der Waals surface area contributed by atoms with E-state index in [4.69, 9.17) is 9.47 Å². The Morgan fingerprint density at radius 2 is 2.09 bits per heavy atom. The number of anilines is 1. The Labute approximate surface area is 130 Å². The highest BCUT2D eigenvalue weighted by Crippen LogP contribution is 2.16. The molecule has 1 atom stereocenters. The molecule has 1 unspecified atom stereocenters.